The normalized spacial score (nSPS) is 18.5. The number of halogens is 2. The Morgan fingerprint density at radius 1 is 1.29 bits per heavy atom. The average Bonchev–Trinajstić information content (AvgIpc) is 2.19. The van der Waals surface area contributed by atoms with Crippen LogP contribution in [0.4, 0.5) is 8.78 Å². The van der Waals surface area contributed by atoms with Gasteiger partial charge in [-0.1, -0.05) is 0 Å². The van der Waals surface area contributed by atoms with Crippen molar-refractivity contribution in [2.75, 3.05) is 13.2 Å². The number of carbonyl (C=O) groups is 2. The summed E-state index contributed by atoms with van der Waals surface area (Å²) in [6.45, 7) is 0.943. The molecule has 1 aliphatic rings. The van der Waals surface area contributed by atoms with Crippen molar-refractivity contribution in [3.05, 3.63) is 0 Å². The maximum absolute atomic E-state index is 11.8. The second-order valence-electron chi connectivity index (χ2n) is 3.30. The topological polar surface area (TPSA) is 43.4 Å². The molecule has 0 unspecified atom stereocenters. The maximum Gasteiger partial charge on any atom is 0.296 e. The molecule has 0 saturated carbocycles. The number of hydrogen-bond acceptors (Lipinski definition) is 3. The molecule has 0 amide bonds. The molecule has 0 atom stereocenters. The summed E-state index contributed by atoms with van der Waals surface area (Å²) in [5, 5.41) is 0. The Balaban J connectivity index is 2.37. The molecular formula is C9H12F2O3. The van der Waals surface area contributed by atoms with Gasteiger partial charge in [0.25, 0.3) is 6.43 Å². The van der Waals surface area contributed by atoms with Crippen molar-refractivity contribution in [3.63, 3.8) is 0 Å². The molecule has 5 heteroatoms. The van der Waals surface area contributed by atoms with E-state index in [0.29, 0.717) is 26.1 Å². The molecule has 1 fully saturated rings. The Morgan fingerprint density at radius 3 is 2.36 bits per heavy atom. The van der Waals surface area contributed by atoms with Crippen LogP contribution in [0.25, 0.3) is 0 Å². The van der Waals surface area contributed by atoms with Crippen LogP contribution in [0.3, 0.4) is 0 Å². The Bertz CT molecular complexity index is 222. The zero-order valence-electron chi connectivity index (χ0n) is 7.67. The quantitative estimate of drug-likeness (QED) is 0.649. The fourth-order valence-corrected chi connectivity index (χ4v) is 1.41. The first-order valence-electron chi connectivity index (χ1n) is 4.52. The number of Topliss-reactive ketones (excluding diaryl/α,β-unsaturated/α-hetero) is 2. The molecule has 0 N–H and O–H groups in total. The summed E-state index contributed by atoms with van der Waals surface area (Å²) < 4.78 is 28.7. The van der Waals surface area contributed by atoms with Gasteiger partial charge in [-0.3, -0.25) is 9.59 Å². The molecule has 0 aromatic carbocycles. The standard InChI is InChI=1S/C9H12F2O3/c10-9(11)8(13)5-7(12)6-1-3-14-4-2-6/h6,9H,1-5H2. The third kappa shape index (κ3) is 3.14. The van der Waals surface area contributed by atoms with Crippen LogP contribution < -0.4 is 0 Å². The Hall–Kier alpha value is -0.840. The molecule has 1 heterocycles. The predicted molar refractivity (Wildman–Crippen MR) is 44.2 cm³/mol. The summed E-state index contributed by atoms with van der Waals surface area (Å²) in [6, 6.07) is 0. The van der Waals surface area contributed by atoms with Crippen LogP contribution in [0, 0.1) is 5.92 Å². The smallest absolute Gasteiger partial charge is 0.296 e. The van der Waals surface area contributed by atoms with Crippen LogP contribution >= 0.6 is 0 Å². The van der Waals surface area contributed by atoms with Crippen LogP contribution in [0.1, 0.15) is 19.3 Å². The molecule has 0 aliphatic carbocycles. The van der Waals surface area contributed by atoms with Gasteiger partial charge in [-0.25, -0.2) is 8.78 Å². The van der Waals surface area contributed by atoms with E-state index in [9.17, 15) is 18.4 Å². The minimum absolute atomic E-state index is 0.272. The summed E-state index contributed by atoms with van der Waals surface area (Å²) in [5.74, 6) is -1.92. The van der Waals surface area contributed by atoms with Gasteiger partial charge >= 0.3 is 0 Å². The molecule has 0 aromatic rings. The Labute approximate surface area is 80.4 Å². The molecule has 1 aliphatic heterocycles. The highest BCUT2D eigenvalue weighted by Crippen LogP contribution is 2.17. The Kier molecular flexibility index (Phi) is 4.13. The Morgan fingerprint density at radius 2 is 1.86 bits per heavy atom. The van der Waals surface area contributed by atoms with Crippen molar-refractivity contribution in [1.29, 1.82) is 0 Å². The van der Waals surface area contributed by atoms with E-state index in [1.54, 1.807) is 0 Å². The van der Waals surface area contributed by atoms with Gasteiger partial charge in [0.1, 0.15) is 5.78 Å². The minimum atomic E-state index is -3.03. The fraction of sp³-hybridized carbons (Fsp3) is 0.778. The summed E-state index contributed by atoms with van der Waals surface area (Å²) >= 11 is 0. The number of rotatable bonds is 4. The molecule has 1 saturated heterocycles. The largest absolute Gasteiger partial charge is 0.381 e. The van der Waals surface area contributed by atoms with Crippen LogP contribution in [0.15, 0.2) is 0 Å². The van der Waals surface area contributed by atoms with Crippen LogP contribution in [-0.4, -0.2) is 31.2 Å². The lowest BCUT2D eigenvalue weighted by atomic mass is 9.92. The van der Waals surface area contributed by atoms with E-state index in [1.807, 2.05) is 0 Å². The lowest BCUT2D eigenvalue weighted by molar-refractivity contribution is -0.136. The van der Waals surface area contributed by atoms with Gasteiger partial charge in [-0.15, -0.1) is 0 Å². The van der Waals surface area contributed by atoms with Gasteiger partial charge in [0.2, 0.25) is 5.78 Å². The first kappa shape index (κ1) is 11.2. The highest BCUT2D eigenvalue weighted by atomic mass is 19.3. The fourth-order valence-electron chi connectivity index (χ4n) is 1.41. The van der Waals surface area contributed by atoms with Gasteiger partial charge in [-0.2, -0.15) is 0 Å². The van der Waals surface area contributed by atoms with E-state index in [2.05, 4.69) is 0 Å². The SMILES string of the molecule is O=C(CC(=O)C1CCOCC1)C(F)F. The van der Waals surface area contributed by atoms with E-state index in [-0.39, 0.29) is 11.7 Å². The van der Waals surface area contributed by atoms with Crippen molar-refractivity contribution in [1.82, 2.24) is 0 Å². The first-order chi connectivity index (χ1) is 6.61. The number of ketones is 2. The van der Waals surface area contributed by atoms with Crippen LogP contribution in [0.5, 0.6) is 0 Å². The van der Waals surface area contributed by atoms with E-state index < -0.39 is 18.6 Å². The van der Waals surface area contributed by atoms with E-state index in [4.69, 9.17) is 4.74 Å². The van der Waals surface area contributed by atoms with Crippen molar-refractivity contribution in [2.45, 2.75) is 25.7 Å². The van der Waals surface area contributed by atoms with Gasteiger partial charge in [0.05, 0.1) is 6.42 Å². The lowest BCUT2D eigenvalue weighted by Crippen LogP contribution is -2.26. The molecule has 0 spiro atoms. The molecule has 1 rings (SSSR count). The number of carbonyl (C=O) groups excluding carboxylic acids is 2. The summed E-state index contributed by atoms with van der Waals surface area (Å²) in [4.78, 5) is 21.9. The second kappa shape index (κ2) is 5.14. The van der Waals surface area contributed by atoms with E-state index in [1.165, 1.54) is 0 Å². The first-order valence-corrected chi connectivity index (χ1v) is 4.52. The second-order valence-corrected chi connectivity index (χ2v) is 3.30. The molecular weight excluding hydrogens is 194 g/mol. The van der Waals surface area contributed by atoms with Crippen molar-refractivity contribution >= 4 is 11.6 Å². The van der Waals surface area contributed by atoms with E-state index >= 15 is 0 Å². The summed E-state index contributed by atoms with van der Waals surface area (Å²) in [5.41, 5.74) is 0. The van der Waals surface area contributed by atoms with Crippen molar-refractivity contribution < 1.29 is 23.1 Å². The summed E-state index contributed by atoms with van der Waals surface area (Å²) in [6.07, 6.45) is -2.59. The molecule has 80 valence electrons. The molecule has 3 nitrogen and oxygen atoms in total. The number of alkyl halides is 2. The van der Waals surface area contributed by atoms with Gasteiger partial charge in [0, 0.05) is 19.1 Å². The van der Waals surface area contributed by atoms with Crippen LogP contribution in [-0.2, 0) is 14.3 Å². The molecule has 0 radical (unpaired) electrons. The molecule has 14 heavy (non-hydrogen) atoms. The predicted octanol–water partition coefficient (Wildman–Crippen LogP) is 1.21. The average molecular weight is 206 g/mol. The monoisotopic (exact) mass is 206 g/mol. The van der Waals surface area contributed by atoms with Gasteiger partial charge in [-0.05, 0) is 12.8 Å². The summed E-state index contributed by atoms with van der Waals surface area (Å²) in [7, 11) is 0. The van der Waals surface area contributed by atoms with Crippen LogP contribution in [0.2, 0.25) is 0 Å². The van der Waals surface area contributed by atoms with Crippen molar-refractivity contribution in [3.8, 4) is 0 Å². The molecule has 0 aromatic heterocycles. The van der Waals surface area contributed by atoms with Gasteiger partial charge in [0.15, 0.2) is 0 Å². The number of hydrogen-bond donors (Lipinski definition) is 0. The molecule has 0 bridgehead atoms. The number of ether oxygens (including phenoxy) is 1. The zero-order chi connectivity index (χ0) is 10.6. The van der Waals surface area contributed by atoms with Crippen molar-refractivity contribution in [2.24, 2.45) is 5.92 Å². The maximum atomic E-state index is 11.8. The van der Waals surface area contributed by atoms with E-state index in [0.717, 1.165) is 0 Å². The third-order valence-corrected chi connectivity index (χ3v) is 2.27. The highest BCUT2D eigenvalue weighted by molar-refractivity contribution is 6.01. The zero-order valence-corrected chi connectivity index (χ0v) is 7.67. The van der Waals surface area contributed by atoms with Gasteiger partial charge < -0.3 is 4.74 Å². The lowest BCUT2D eigenvalue weighted by Gasteiger charge is -2.20. The minimum Gasteiger partial charge on any atom is -0.381 e. The highest BCUT2D eigenvalue weighted by Gasteiger charge is 2.26. The third-order valence-electron chi connectivity index (χ3n) is 2.27.